The number of aryl methyl sites for hydroxylation is 5. The van der Waals surface area contributed by atoms with Gasteiger partial charge in [0.25, 0.3) is 0 Å². The van der Waals surface area contributed by atoms with Gasteiger partial charge < -0.3 is 16.0 Å². The zero-order chi connectivity index (χ0) is 37.6. The number of allylic oxidation sites excluding steroid dienone is 4. The van der Waals surface area contributed by atoms with E-state index in [2.05, 4.69) is 189 Å². The molecule has 0 bridgehead atoms. The van der Waals surface area contributed by atoms with Crippen molar-refractivity contribution in [2.24, 2.45) is 7.05 Å². The molecule has 0 aliphatic rings. The molecule has 8 nitrogen and oxygen atoms in total. The molecule has 5 rings (SSSR count). The Labute approximate surface area is 330 Å². The number of hydrogen-bond donors (Lipinski definition) is 3. The fraction of sp³-hybridized carbons (Fsp3) is 0.295. The molecule has 0 aliphatic heterocycles. The quantitative estimate of drug-likeness (QED) is 0.0304. The SMILES string of the molecule is C/C=C(\C=C/[NH2+]C)/C=C/c1ccc(NCCC[n+]2ccn(CCSSCCn3cc[n+](CCCNc4ccc(/C=C/c5cc[n+](C)cc5)cc4)c3)c2)cc1. The van der Waals surface area contributed by atoms with Crippen LogP contribution in [0.2, 0.25) is 0 Å². The van der Waals surface area contributed by atoms with Crippen LogP contribution in [0.3, 0.4) is 0 Å². The first-order chi connectivity index (χ1) is 26.6. The largest absolute Gasteiger partial charge is 0.385 e. The number of benzene rings is 2. The second-order valence-corrected chi connectivity index (χ2v) is 15.9. The number of quaternary nitrogens is 1. The third-order valence-corrected chi connectivity index (χ3v) is 11.2. The molecule has 3 aromatic heterocycles. The molecular formula is C44H58N8S2+4. The summed E-state index contributed by atoms with van der Waals surface area (Å²) in [6.07, 6.45) is 34.4. The Morgan fingerprint density at radius 3 is 1.67 bits per heavy atom. The molecule has 2 aromatic carbocycles. The Kier molecular flexibility index (Phi) is 17.3. The van der Waals surface area contributed by atoms with E-state index in [0.29, 0.717) is 0 Å². The van der Waals surface area contributed by atoms with Crippen LogP contribution < -0.4 is 29.7 Å². The highest BCUT2D eigenvalue weighted by molar-refractivity contribution is 8.76. The van der Waals surface area contributed by atoms with Crippen molar-refractivity contribution in [3.05, 3.63) is 157 Å². The molecular weight excluding hydrogens is 705 g/mol. The van der Waals surface area contributed by atoms with Gasteiger partial charge in [0.2, 0.25) is 12.7 Å². The second-order valence-electron chi connectivity index (χ2n) is 13.2. The minimum atomic E-state index is 0.947. The molecule has 4 N–H and O–H groups in total. The van der Waals surface area contributed by atoms with Gasteiger partial charge in [0.1, 0.15) is 31.8 Å². The summed E-state index contributed by atoms with van der Waals surface area (Å²) in [5, 5.41) is 9.17. The third kappa shape index (κ3) is 14.9. The number of nitrogens with one attached hydrogen (secondary N) is 2. The highest BCUT2D eigenvalue weighted by Gasteiger charge is 2.06. The highest BCUT2D eigenvalue weighted by Crippen LogP contribution is 2.21. The van der Waals surface area contributed by atoms with Gasteiger partial charge in [-0.05, 0) is 59.5 Å². The van der Waals surface area contributed by atoms with Gasteiger partial charge in [0.05, 0.1) is 39.4 Å². The first-order valence-electron chi connectivity index (χ1n) is 19.0. The van der Waals surface area contributed by atoms with Crippen molar-refractivity contribution in [2.45, 2.75) is 45.9 Å². The predicted molar refractivity (Wildman–Crippen MR) is 230 cm³/mol. The van der Waals surface area contributed by atoms with E-state index in [1.807, 2.05) is 45.6 Å². The van der Waals surface area contributed by atoms with E-state index in [0.717, 1.165) is 75.0 Å². The maximum absolute atomic E-state index is 3.56. The van der Waals surface area contributed by atoms with Crippen LogP contribution in [-0.4, -0.2) is 40.8 Å². The van der Waals surface area contributed by atoms with Gasteiger partial charge in [-0.2, -0.15) is 0 Å². The van der Waals surface area contributed by atoms with E-state index < -0.39 is 0 Å². The first-order valence-corrected chi connectivity index (χ1v) is 21.5. The molecule has 0 aliphatic carbocycles. The number of imidazole rings is 2. The van der Waals surface area contributed by atoms with Crippen LogP contribution >= 0.6 is 21.6 Å². The molecule has 3 heterocycles. The maximum atomic E-state index is 3.56. The molecule has 0 saturated carbocycles. The zero-order valence-corrected chi connectivity index (χ0v) is 33.8. The molecule has 0 spiro atoms. The van der Waals surface area contributed by atoms with Crippen LogP contribution in [0, 0.1) is 0 Å². The van der Waals surface area contributed by atoms with Gasteiger partial charge >= 0.3 is 0 Å². The lowest BCUT2D eigenvalue weighted by atomic mass is 10.1. The fourth-order valence-electron chi connectivity index (χ4n) is 5.69. The minimum Gasteiger partial charge on any atom is -0.385 e. The summed E-state index contributed by atoms with van der Waals surface area (Å²) in [6.45, 7) is 8.02. The number of pyridine rings is 1. The number of aromatic nitrogens is 5. The summed E-state index contributed by atoms with van der Waals surface area (Å²) in [5.74, 6) is 2.20. The average molecular weight is 763 g/mol. The molecule has 0 saturated heterocycles. The summed E-state index contributed by atoms with van der Waals surface area (Å²) in [4.78, 5) is 0. The number of rotatable bonds is 23. The molecule has 5 aromatic rings. The Hall–Kier alpha value is -4.77. The summed E-state index contributed by atoms with van der Waals surface area (Å²) in [6, 6.07) is 21.5. The fourth-order valence-corrected chi connectivity index (χ4v) is 7.65. The van der Waals surface area contributed by atoms with Crippen molar-refractivity contribution in [3.8, 4) is 0 Å². The smallest absolute Gasteiger partial charge is 0.243 e. The lowest BCUT2D eigenvalue weighted by Gasteiger charge is -2.06. The standard InChI is InChI=1S/C44H56N8S2/c1-4-39(19-24-45-2)7-8-40-11-15-43(16-12-40)46-22-5-25-49-29-31-51(37-49)33-35-53-54-36-34-52-32-30-50(38-52)26-6-23-47-44-17-13-41(14-18-44)9-10-42-20-27-48(3)28-21-42/h4,7-21,24,27-32,37-38,45-46H,5-6,22-23,25-26,33-36H2,1-3H3/q+2/p+2/b8-7+,24-19-,39-4-. The number of nitrogens with zero attached hydrogens (tertiary/aromatic N) is 5. The molecule has 0 amide bonds. The molecule has 0 radical (unpaired) electrons. The van der Waals surface area contributed by atoms with E-state index in [-0.39, 0.29) is 0 Å². The lowest BCUT2D eigenvalue weighted by Crippen LogP contribution is -2.72. The molecule has 282 valence electrons. The highest BCUT2D eigenvalue weighted by atomic mass is 33.1. The molecule has 0 fully saturated rings. The Bertz CT molecular complexity index is 1920. The van der Waals surface area contributed by atoms with E-state index >= 15 is 0 Å². The normalized spacial score (nSPS) is 12.1. The summed E-state index contributed by atoms with van der Waals surface area (Å²) < 4.78 is 11.2. The zero-order valence-electron chi connectivity index (χ0n) is 32.1. The molecule has 54 heavy (non-hydrogen) atoms. The Morgan fingerprint density at radius 2 is 1.17 bits per heavy atom. The predicted octanol–water partition coefficient (Wildman–Crippen LogP) is 6.61. The second kappa shape index (κ2) is 23.1. The van der Waals surface area contributed by atoms with Gasteiger partial charge in [-0.25, -0.2) is 22.8 Å². The van der Waals surface area contributed by atoms with Crippen LogP contribution in [0.25, 0.3) is 18.2 Å². The van der Waals surface area contributed by atoms with Gasteiger partial charge in [-0.3, -0.25) is 0 Å². The van der Waals surface area contributed by atoms with Crippen LogP contribution in [0.1, 0.15) is 36.5 Å². The maximum Gasteiger partial charge on any atom is 0.243 e. The Balaban J connectivity index is 0.874. The van der Waals surface area contributed by atoms with E-state index in [1.54, 1.807) is 0 Å². The van der Waals surface area contributed by atoms with Crippen LogP contribution in [0.4, 0.5) is 11.4 Å². The van der Waals surface area contributed by atoms with Crippen molar-refractivity contribution in [3.63, 3.8) is 0 Å². The van der Waals surface area contributed by atoms with E-state index in [9.17, 15) is 0 Å². The van der Waals surface area contributed by atoms with Gasteiger partial charge in [0, 0.05) is 60.9 Å². The van der Waals surface area contributed by atoms with Crippen molar-refractivity contribution in [2.75, 3.05) is 42.3 Å². The Morgan fingerprint density at radius 1 is 0.667 bits per heavy atom. The average Bonchev–Trinajstić information content (AvgIpc) is 3.86. The number of nitrogens with two attached hydrogens (primary N) is 1. The van der Waals surface area contributed by atoms with Gasteiger partial charge in [-0.15, -0.1) is 0 Å². The van der Waals surface area contributed by atoms with Gasteiger partial charge in [-0.1, -0.05) is 76.2 Å². The van der Waals surface area contributed by atoms with Crippen molar-refractivity contribution in [1.82, 2.24) is 9.13 Å². The van der Waals surface area contributed by atoms with Crippen molar-refractivity contribution < 1.29 is 19.0 Å². The summed E-state index contributed by atoms with van der Waals surface area (Å²) in [7, 11) is 7.99. The summed E-state index contributed by atoms with van der Waals surface area (Å²) in [5.41, 5.74) is 7.13. The van der Waals surface area contributed by atoms with Crippen molar-refractivity contribution in [1.29, 1.82) is 0 Å². The summed E-state index contributed by atoms with van der Waals surface area (Å²) >= 11 is 0. The van der Waals surface area contributed by atoms with Gasteiger partial charge in [0.15, 0.2) is 12.4 Å². The molecule has 0 atom stereocenters. The first kappa shape index (κ1) is 40.4. The third-order valence-electron chi connectivity index (χ3n) is 8.86. The van der Waals surface area contributed by atoms with Crippen molar-refractivity contribution >= 4 is 51.2 Å². The lowest BCUT2D eigenvalue weighted by molar-refractivity contribution is -0.696. The van der Waals surface area contributed by atoms with Crippen LogP contribution in [0.15, 0.2) is 141 Å². The van der Waals surface area contributed by atoms with Crippen LogP contribution in [-0.2, 0) is 33.2 Å². The number of anilines is 2. The van der Waals surface area contributed by atoms with E-state index in [4.69, 9.17) is 0 Å². The minimum absolute atomic E-state index is 0.947. The molecule has 10 heteroatoms. The van der Waals surface area contributed by atoms with E-state index in [1.165, 1.54) is 22.3 Å². The van der Waals surface area contributed by atoms with Crippen LogP contribution in [0.5, 0.6) is 0 Å². The monoisotopic (exact) mass is 762 g/mol. The topological polar surface area (TPSA) is 62.2 Å². The molecule has 0 unspecified atom stereocenters. The number of hydrogen-bond acceptors (Lipinski definition) is 4.